The number of carbonyl (C=O) groups excluding carboxylic acids is 1. The Labute approximate surface area is 514 Å². The van der Waals surface area contributed by atoms with Crippen LogP contribution in [0.4, 0.5) is 25.8 Å². The van der Waals surface area contributed by atoms with Gasteiger partial charge in [0.2, 0.25) is 0 Å². The number of alkyl halides is 1. The average Bonchev–Trinajstić information content (AvgIpc) is 3.41. The fraction of sp³-hybridized carbons (Fsp3) is 0.250. The smallest absolute Gasteiger partial charge is 1.00 e. The maximum absolute atomic E-state index is 13.7. The van der Waals surface area contributed by atoms with Gasteiger partial charge in [-0.15, -0.1) is 0 Å². The molecule has 6 aromatic carbocycles. The summed E-state index contributed by atoms with van der Waals surface area (Å²) in [6.45, 7) is 3.32. The van der Waals surface area contributed by atoms with Crippen LogP contribution in [0, 0.1) is 28.5 Å². The molecule has 0 atom stereocenters. The molecule has 0 radical (unpaired) electrons. The van der Waals surface area contributed by atoms with Crippen LogP contribution in [-0.4, -0.2) is 79.1 Å². The van der Waals surface area contributed by atoms with Gasteiger partial charge in [-0.05, 0) is 111 Å². The molecule has 0 aromatic heterocycles. The Bertz CT molecular complexity index is 2890. The van der Waals surface area contributed by atoms with Crippen molar-refractivity contribution >= 4 is 43.6 Å². The molecule has 0 saturated carbocycles. The number of nitriles is 2. The maximum atomic E-state index is 13.7. The topological polar surface area (TPSA) is 227 Å². The molecule has 15 nitrogen and oxygen atoms in total. The molecule has 73 heavy (non-hydrogen) atoms. The van der Waals surface area contributed by atoms with E-state index in [4.69, 9.17) is 21.8 Å². The fourth-order valence-corrected chi connectivity index (χ4v) is 10.2. The van der Waals surface area contributed by atoms with Crippen molar-refractivity contribution in [1.29, 1.82) is 10.5 Å². The van der Waals surface area contributed by atoms with Gasteiger partial charge in [-0.1, -0.05) is 97.1 Å². The molecule has 0 aliphatic carbocycles. The number of sulfonamides is 2. The Balaban J connectivity index is 0.000000584. The second-order valence-corrected chi connectivity index (χ2v) is 19.3. The van der Waals surface area contributed by atoms with E-state index >= 15 is 0 Å². The number of anilines is 3. The zero-order valence-corrected chi connectivity index (χ0v) is 48.5. The second kappa shape index (κ2) is 34.6. The molecule has 0 spiro atoms. The predicted molar refractivity (Wildman–Crippen MR) is 266 cm³/mol. The number of benzene rings is 6. The Morgan fingerprint density at radius 1 is 0.699 bits per heavy atom. The van der Waals surface area contributed by atoms with Crippen LogP contribution in [0.5, 0.6) is 0 Å². The van der Waals surface area contributed by atoms with Gasteiger partial charge >= 0.3 is 103 Å². The van der Waals surface area contributed by atoms with Crippen LogP contribution in [-0.2, 0) is 42.8 Å². The number of hydrogen-bond donors (Lipinski definition) is 3. The summed E-state index contributed by atoms with van der Waals surface area (Å²) in [5, 5.41) is 49.1. The van der Waals surface area contributed by atoms with Crippen LogP contribution in [0.15, 0.2) is 168 Å². The molecule has 6 aromatic rings. The predicted octanol–water partition coefficient (Wildman–Crippen LogP) is 0.879. The quantitative estimate of drug-likeness (QED) is 0.0671. The molecule has 8 rings (SSSR count). The normalized spacial score (nSPS) is 13.3. The summed E-state index contributed by atoms with van der Waals surface area (Å²) < 4.78 is 85.2. The van der Waals surface area contributed by atoms with E-state index in [1.54, 1.807) is 66.7 Å². The van der Waals surface area contributed by atoms with E-state index in [1.807, 2.05) is 66.7 Å². The van der Waals surface area contributed by atoms with E-state index < -0.39 is 33.0 Å². The summed E-state index contributed by atoms with van der Waals surface area (Å²) in [6.07, 6.45) is 2.82. The van der Waals surface area contributed by atoms with E-state index in [-0.39, 0.29) is 157 Å². The molecule has 376 valence electrons. The molecule has 2 fully saturated rings. The summed E-state index contributed by atoms with van der Waals surface area (Å²) in [4.78, 5) is 13.6. The number of hydrogen-bond acceptors (Lipinski definition) is 13. The van der Waals surface area contributed by atoms with Crippen LogP contribution in [0.3, 0.4) is 0 Å². The zero-order valence-electron chi connectivity index (χ0n) is 42.6. The SMILES string of the molecule is N#Cc1cc(N(Cc2ccccc2)S(=O)(=O)c2ccccc2)ccc1F.N#Cc1cc(N(Cc2ccccc2)S(=O)(=O)c2ccccc2)ccc1N1CCC(O)CC1.O=CO[O-].OC1CCNCC1.[2H]CF.[H-].[K+].[K+]. The number of aliphatic hydroxyl groups excluding tert-OH is 2. The second-order valence-electron chi connectivity index (χ2n) is 15.6. The summed E-state index contributed by atoms with van der Waals surface area (Å²) in [7, 11) is -8.73. The number of nitrogens with one attached hydrogen (secondary N) is 1. The van der Waals surface area contributed by atoms with E-state index in [1.165, 1.54) is 32.9 Å². The minimum Gasteiger partial charge on any atom is -1.00 e. The molecule has 2 aliphatic heterocycles. The van der Waals surface area contributed by atoms with E-state index in [9.17, 15) is 36.0 Å². The number of nitrogens with zero attached hydrogens (tertiary/aromatic N) is 5. The van der Waals surface area contributed by atoms with Crippen molar-refractivity contribution in [1.82, 2.24) is 5.32 Å². The molecule has 0 amide bonds. The van der Waals surface area contributed by atoms with E-state index in [0.717, 1.165) is 48.8 Å². The Kier molecular flexibility index (Phi) is 30.0. The van der Waals surface area contributed by atoms with Crippen LogP contribution in [0.1, 0.15) is 50.7 Å². The number of rotatable bonds is 12. The third-order valence-corrected chi connectivity index (χ3v) is 14.5. The van der Waals surface area contributed by atoms with Crippen LogP contribution < -0.4 is 127 Å². The minimum atomic E-state index is -3.89. The Hall–Kier alpha value is -3.96. The van der Waals surface area contributed by atoms with Crippen LogP contribution >= 0.6 is 0 Å². The standard InChI is InChI=1S/C25H25N3O3S.C20H15FN2O2S.C5H11NO.CH3F.CH2O3.2K.H/c26-18-21-17-22(11-12-25(21)27-15-13-23(29)14-16-27)28(19-20-7-3-1-4-8-20)32(30,31)24-9-5-2-6-10-24;21-20-12-11-18(13-17(20)14-22)23(15-16-7-3-1-4-8-16)26(24,25)19-9-5-2-6-10-19;7-5-1-3-6-4-2-5;1-2;2-1-4-3;;;/h1-12,17,23,29H,13-16,19H2;1-13H,15H2;5-7H,1-4H2;1H3;1,3H;;;/q;;;;;2*+1;-1/p-1/i;;;1D;;;;. The third kappa shape index (κ3) is 20.3. The van der Waals surface area contributed by atoms with Crippen molar-refractivity contribution < 1.29 is 156 Å². The first-order valence-corrected chi connectivity index (χ1v) is 25.0. The van der Waals surface area contributed by atoms with Gasteiger partial charge in [0.1, 0.15) is 18.0 Å². The fourth-order valence-electron chi connectivity index (χ4n) is 7.28. The van der Waals surface area contributed by atoms with Crippen molar-refractivity contribution in [2.75, 3.05) is 46.8 Å². The number of aliphatic hydroxyl groups is 2. The molecular formula is C52H56F2K2N6O9S2. The monoisotopic (exact) mass is 1090 g/mol. The maximum Gasteiger partial charge on any atom is 1.00 e. The molecule has 3 N–H and O–H groups in total. The summed E-state index contributed by atoms with van der Waals surface area (Å²) in [5.74, 6) is -0.687. The van der Waals surface area contributed by atoms with Gasteiger partial charge in [-0.2, -0.15) is 10.5 Å². The Morgan fingerprint density at radius 3 is 1.44 bits per heavy atom. The average molecular weight is 1090 g/mol. The summed E-state index contributed by atoms with van der Waals surface area (Å²) >= 11 is 0. The first kappa shape index (κ1) is 63.3. The van der Waals surface area contributed by atoms with Gasteiger partial charge in [0.05, 0.1) is 71.8 Å². The summed E-state index contributed by atoms with van der Waals surface area (Å²) in [5.41, 5.74) is 3.27. The molecule has 21 heteroatoms. The molecule has 0 bridgehead atoms. The van der Waals surface area contributed by atoms with Crippen molar-refractivity contribution in [3.63, 3.8) is 0 Å². The van der Waals surface area contributed by atoms with Crippen LogP contribution in [0.25, 0.3) is 0 Å². The summed E-state index contributed by atoms with van der Waals surface area (Å²) in [6, 6.07) is 47.7. The van der Waals surface area contributed by atoms with Crippen molar-refractivity contribution in [3.8, 4) is 12.1 Å². The molecule has 2 saturated heterocycles. The molecule has 2 heterocycles. The first-order valence-electron chi connectivity index (χ1n) is 22.8. The molecule has 2 aliphatic rings. The van der Waals surface area contributed by atoms with Crippen molar-refractivity contribution in [3.05, 3.63) is 186 Å². The van der Waals surface area contributed by atoms with Gasteiger partial charge in [-0.25, -0.2) is 21.2 Å². The molecule has 0 unspecified atom stereocenters. The first-order chi connectivity index (χ1) is 34.7. The van der Waals surface area contributed by atoms with Gasteiger partial charge in [0.15, 0.2) is 0 Å². The van der Waals surface area contributed by atoms with Gasteiger partial charge in [-0.3, -0.25) is 17.8 Å². The van der Waals surface area contributed by atoms with Crippen molar-refractivity contribution in [2.24, 2.45) is 0 Å². The van der Waals surface area contributed by atoms with Gasteiger partial charge < -0.3 is 32.0 Å². The largest absolute Gasteiger partial charge is 1.00 e. The van der Waals surface area contributed by atoms with E-state index in [0.29, 0.717) is 37.2 Å². The van der Waals surface area contributed by atoms with Crippen LogP contribution in [0.2, 0.25) is 0 Å². The number of piperidine rings is 2. The minimum absolute atomic E-state index is 0. The van der Waals surface area contributed by atoms with Gasteiger partial charge in [0.25, 0.3) is 26.5 Å². The molecular weight excluding hydrogens is 1030 g/mol. The van der Waals surface area contributed by atoms with Crippen molar-refractivity contribution in [2.45, 2.75) is 60.8 Å². The number of halogens is 2. The Morgan fingerprint density at radius 2 is 1.07 bits per heavy atom. The van der Waals surface area contributed by atoms with E-state index in [2.05, 4.69) is 21.2 Å². The van der Waals surface area contributed by atoms with Gasteiger partial charge in [0, 0.05) is 13.1 Å². The number of carbonyl (C=O) groups is 1. The zero-order chi connectivity index (χ0) is 52.4. The third-order valence-electron chi connectivity index (χ3n) is 10.9.